The molecule has 0 heterocycles. The second-order valence-electron chi connectivity index (χ2n) is 5.38. The molecule has 2 aromatic rings. The minimum absolute atomic E-state index is 0.0325. The topological polar surface area (TPSA) is 58.2 Å². The third-order valence-electron chi connectivity index (χ3n) is 3.49. The first-order chi connectivity index (χ1) is 11.0. The molecule has 1 aliphatic rings. The van der Waals surface area contributed by atoms with Crippen molar-refractivity contribution in [2.45, 2.75) is 18.9 Å². The lowest BCUT2D eigenvalue weighted by molar-refractivity contribution is 0.0949. The molecule has 23 heavy (non-hydrogen) atoms. The molecule has 0 atom stereocenters. The first-order valence-electron chi connectivity index (χ1n) is 7.21. The van der Waals surface area contributed by atoms with Crippen LogP contribution < -0.4 is 10.6 Å². The Hall–Kier alpha value is -2.40. The van der Waals surface area contributed by atoms with Gasteiger partial charge in [-0.15, -0.1) is 0 Å². The fraction of sp³-hybridized carbons (Fsp3) is 0.176. The second-order valence-corrected chi connectivity index (χ2v) is 5.79. The van der Waals surface area contributed by atoms with Crippen molar-refractivity contribution in [2.75, 3.05) is 5.32 Å². The van der Waals surface area contributed by atoms with Crippen molar-refractivity contribution in [3.05, 3.63) is 64.4 Å². The molecule has 4 nitrogen and oxygen atoms in total. The average molecular weight is 333 g/mol. The molecule has 0 unspecified atom stereocenters. The number of nitrogens with one attached hydrogen (secondary N) is 2. The number of carbonyl (C=O) groups is 2. The maximum absolute atomic E-state index is 13.8. The Morgan fingerprint density at radius 3 is 2.52 bits per heavy atom. The van der Waals surface area contributed by atoms with Gasteiger partial charge in [0.1, 0.15) is 5.82 Å². The molecule has 118 valence electrons. The smallest absolute Gasteiger partial charge is 0.260 e. The van der Waals surface area contributed by atoms with E-state index in [0.29, 0.717) is 11.3 Å². The van der Waals surface area contributed by atoms with E-state index in [9.17, 15) is 14.0 Å². The van der Waals surface area contributed by atoms with Gasteiger partial charge in [0, 0.05) is 17.3 Å². The standard InChI is InChI=1S/C17H14ClFN2O2/c18-13-5-2-6-14(19)15(13)17(23)21-12-4-1-3-10(9-12)16(22)20-11-7-8-11/h1-6,9,11H,7-8H2,(H,20,22)(H,21,23). The molecule has 1 fully saturated rings. The van der Waals surface area contributed by atoms with Gasteiger partial charge in [-0.3, -0.25) is 9.59 Å². The highest BCUT2D eigenvalue weighted by atomic mass is 35.5. The van der Waals surface area contributed by atoms with E-state index in [-0.39, 0.29) is 22.5 Å². The summed E-state index contributed by atoms with van der Waals surface area (Å²) in [5, 5.41) is 5.46. The van der Waals surface area contributed by atoms with E-state index in [1.807, 2.05) is 0 Å². The summed E-state index contributed by atoms with van der Waals surface area (Å²) in [4.78, 5) is 24.2. The zero-order valence-corrected chi connectivity index (χ0v) is 12.9. The Morgan fingerprint density at radius 1 is 1.09 bits per heavy atom. The number of anilines is 1. The van der Waals surface area contributed by atoms with E-state index in [2.05, 4.69) is 10.6 Å². The SMILES string of the molecule is O=C(NC1CC1)c1cccc(NC(=O)c2c(F)cccc2Cl)c1. The van der Waals surface area contributed by atoms with Crippen molar-refractivity contribution in [1.29, 1.82) is 0 Å². The normalized spacial score (nSPS) is 13.5. The first-order valence-corrected chi connectivity index (χ1v) is 7.58. The van der Waals surface area contributed by atoms with Crippen molar-refractivity contribution in [3.63, 3.8) is 0 Å². The number of hydrogen-bond acceptors (Lipinski definition) is 2. The summed E-state index contributed by atoms with van der Waals surface area (Å²) in [6, 6.07) is 10.8. The summed E-state index contributed by atoms with van der Waals surface area (Å²) in [5.74, 6) is -1.54. The molecule has 2 aromatic carbocycles. The molecule has 2 amide bonds. The summed E-state index contributed by atoms with van der Waals surface area (Å²) < 4.78 is 13.8. The van der Waals surface area contributed by atoms with Gasteiger partial charge in [-0.25, -0.2) is 4.39 Å². The molecule has 0 aromatic heterocycles. The predicted molar refractivity (Wildman–Crippen MR) is 86.3 cm³/mol. The number of halogens is 2. The molecular weight excluding hydrogens is 319 g/mol. The van der Waals surface area contributed by atoms with Crippen LogP contribution in [-0.2, 0) is 0 Å². The van der Waals surface area contributed by atoms with E-state index in [1.165, 1.54) is 18.2 Å². The minimum atomic E-state index is -0.697. The first kappa shape index (κ1) is 15.5. The minimum Gasteiger partial charge on any atom is -0.349 e. The third-order valence-corrected chi connectivity index (χ3v) is 3.80. The number of amides is 2. The highest BCUT2D eigenvalue weighted by Gasteiger charge is 2.24. The maximum atomic E-state index is 13.8. The van der Waals surface area contributed by atoms with Crippen LogP contribution >= 0.6 is 11.6 Å². The molecule has 2 N–H and O–H groups in total. The molecule has 0 radical (unpaired) electrons. The van der Waals surface area contributed by atoms with Gasteiger partial charge in [0.15, 0.2) is 0 Å². The van der Waals surface area contributed by atoms with Crippen LogP contribution in [0.5, 0.6) is 0 Å². The Labute approximate surface area is 137 Å². The molecule has 1 saturated carbocycles. The van der Waals surface area contributed by atoms with Crippen LogP contribution in [0, 0.1) is 5.82 Å². The second kappa shape index (κ2) is 6.38. The lowest BCUT2D eigenvalue weighted by atomic mass is 10.1. The van der Waals surface area contributed by atoms with Crippen LogP contribution in [0.15, 0.2) is 42.5 Å². The Balaban J connectivity index is 1.77. The van der Waals surface area contributed by atoms with E-state index in [0.717, 1.165) is 12.8 Å². The summed E-state index contributed by atoms with van der Waals surface area (Å²) in [5.41, 5.74) is 0.620. The van der Waals surface area contributed by atoms with Crippen LogP contribution in [0.3, 0.4) is 0 Å². The maximum Gasteiger partial charge on any atom is 0.260 e. The number of hydrogen-bond donors (Lipinski definition) is 2. The average Bonchev–Trinajstić information content (AvgIpc) is 3.31. The van der Waals surface area contributed by atoms with Gasteiger partial charge >= 0.3 is 0 Å². The van der Waals surface area contributed by atoms with Crippen LogP contribution in [0.4, 0.5) is 10.1 Å². The molecular formula is C17H14ClFN2O2. The van der Waals surface area contributed by atoms with Crippen molar-refractivity contribution >= 4 is 29.1 Å². The van der Waals surface area contributed by atoms with Crippen LogP contribution in [0.25, 0.3) is 0 Å². The quantitative estimate of drug-likeness (QED) is 0.898. The monoisotopic (exact) mass is 332 g/mol. The van der Waals surface area contributed by atoms with Gasteiger partial charge in [0.2, 0.25) is 0 Å². The van der Waals surface area contributed by atoms with Gasteiger partial charge in [0.25, 0.3) is 11.8 Å². The van der Waals surface area contributed by atoms with Crippen molar-refractivity contribution < 1.29 is 14.0 Å². The van der Waals surface area contributed by atoms with Crippen LogP contribution in [0.2, 0.25) is 5.02 Å². The van der Waals surface area contributed by atoms with Crippen molar-refractivity contribution in [1.82, 2.24) is 5.32 Å². The highest BCUT2D eigenvalue weighted by Crippen LogP contribution is 2.22. The third kappa shape index (κ3) is 3.68. The highest BCUT2D eigenvalue weighted by molar-refractivity contribution is 6.34. The molecule has 0 bridgehead atoms. The van der Waals surface area contributed by atoms with Crippen molar-refractivity contribution in [2.24, 2.45) is 0 Å². The zero-order valence-electron chi connectivity index (χ0n) is 12.1. The van der Waals surface area contributed by atoms with Crippen LogP contribution in [0.1, 0.15) is 33.6 Å². The molecule has 0 saturated heterocycles. The summed E-state index contributed by atoms with van der Waals surface area (Å²) in [7, 11) is 0. The van der Waals surface area contributed by atoms with E-state index in [4.69, 9.17) is 11.6 Å². The van der Waals surface area contributed by atoms with Gasteiger partial charge in [-0.1, -0.05) is 23.7 Å². The fourth-order valence-electron chi connectivity index (χ4n) is 2.14. The molecule has 0 aliphatic heterocycles. The Kier molecular flexibility index (Phi) is 4.30. The van der Waals surface area contributed by atoms with Crippen molar-refractivity contribution in [3.8, 4) is 0 Å². The van der Waals surface area contributed by atoms with E-state index < -0.39 is 11.7 Å². The zero-order chi connectivity index (χ0) is 16.4. The summed E-state index contributed by atoms with van der Waals surface area (Å²) >= 11 is 5.87. The molecule has 1 aliphatic carbocycles. The van der Waals surface area contributed by atoms with Gasteiger partial charge in [0.05, 0.1) is 10.6 Å². The Bertz CT molecular complexity index is 755. The Morgan fingerprint density at radius 2 is 1.83 bits per heavy atom. The lowest BCUT2D eigenvalue weighted by Gasteiger charge is -2.09. The molecule has 0 spiro atoms. The lowest BCUT2D eigenvalue weighted by Crippen LogP contribution is -2.25. The largest absolute Gasteiger partial charge is 0.349 e. The van der Waals surface area contributed by atoms with Crippen LogP contribution in [-0.4, -0.2) is 17.9 Å². The number of benzene rings is 2. The van der Waals surface area contributed by atoms with E-state index in [1.54, 1.807) is 24.3 Å². The fourth-order valence-corrected chi connectivity index (χ4v) is 2.39. The molecule has 6 heteroatoms. The van der Waals surface area contributed by atoms with Gasteiger partial charge in [-0.05, 0) is 43.2 Å². The molecule has 3 rings (SSSR count). The summed E-state index contributed by atoms with van der Waals surface area (Å²) in [6.45, 7) is 0. The predicted octanol–water partition coefficient (Wildman–Crippen LogP) is 3.62. The number of carbonyl (C=O) groups excluding carboxylic acids is 2. The van der Waals surface area contributed by atoms with Gasteiger partial charge < -0.3 is 10.6 Å². The van der Waals surface area contributed by atoms with Gasteiger partial charge in [-0.2, -0.15) is 0 Å². The van der Waals surface area contributed by atoms with E-state index >= 15 is 0 Å². The number of rotatable bonds is 4. The summed E-state index contributed by atoms with van der Waals surface area (Å²) in [6.07, 6.45) is 1.99.